The molecule has 76 valence electrons. The predicted molar refractivity (Wildman–Crippen MR) is 55.6 cm³/mol. The Kier molecular flexibility index (Phi) is 3.24. The van der Waals surface area contributed by atoms with E-state index in [1.807, 2.05) is 11.8 Å². The molecule has 0 spiro atoms. The number of aromatic nitrogens is 1. The first kappa shape index (κ1) is 9.77. The number of hydrogen-bond donors (Lipinski definition) is 0. The molecule has 0 amide bonds. The Morgan fingerprint density at radius 2 is 2.36 bits per heavy atom. The molecule has 0 atom stereocenters. The standard InChI is InChI=1S/C10H13NO2S/c12-7-9-6-10(13-11-9)5-8-1-3-14-4-2-8/h6-8H,1-5H2. The van der Waals surface area contributed by atoms with E-state index in [2.05, 4.69) is 5.16 Å². The zero-order valence-electron chi connectivity index (χ0n) is 7.94. The quantitative estimate of drug-likeness (QED) is 0.719. The fourth-order valence-corrected chi connectivity index (χ4v) is 2.92. The molecule has 1 aromatic heterocycles. The van der Waals surface area contributed by atoms with Gasteiger partial charge in [0.05, 0.1) is 0 Å². The maximum absolute atomic E-state index is 10.4. The van der Waals surface area contributed by atoms with Gasteiger partial charge in [-0.1, -0.05) is 5.16 Å². The van der Waals surface area contributed by atoms with Gasteiger partial charge in [-0.3, -0.25) is 4.79 Å². The zero-order valence-corrected chi connectivity index (χ0v) is 8.76. The lowest BCUT2D eigenvalue weighted by Crippen LogP contribution is -2.11. The number of carbonyl (C=O) groups excluding carboxylic acids is 1. The Hall–Kier alpha value is -0.770. The Labute approximate surface area is 87.2 Å². The number of aldehydes is 1. The Morgan fingerprint density at radius 1 is 1.57 bits per heavy atom. The van der Waals surface area contributed by atoms with E-state index in [0.29, 0.717) is 11.6 Å². The molecule has 0 N–H and O–H groups in total. The van der Waals surface area contributed by atoms with Crippen molar-refractivity contribution in [2.24, 2.45) is 5.92 Å². The van der Waals surface area contributed by atoms with Gasteiger partial charge in [0.2, 0.25) is 0 Å². The molecular weight excluding hydrogens is 198 g/mol. The van der Waals surface area contributed by atoms with Gasteiger partial charge >= 0.3 is 0 Å². The molecule has 0 saturated carbocycles. The Balaban J connectivity index is 1.92. The SMILES string of the molecule is O=Cc1cc(CC2CCSCC2)on1. The normalized spacial score (nSPS) is 18.3. The van der Waals surface area contributed by atoms with Crippen LogP contribution in [-0.4, -0.2) is 22.9 Å². The third-order valence-corrected chi connectivity index (χ3v) is 3.58. The highest BCUT2D eigenvalue weighted by atomic mass is 32.2. The first-order chi connectivity index (χ1) is 6.88. The fraction of sp³-hybridized carbons (Fsp3) is 0.600. The molecule has 1 aliphatic heterocycles. The van der Waals surface area contributed by atoms with Crippen molar-refractivity contribution in [2.45, 2.75) is 19.3 Å². The summed E-state index contributed by atoms with van der Waals surface area (Å²) in [7, 11) is 0. The summed E-state index contributed by atoms with van der Waals surface area (Å²) in [6.07, 6.45) is 4.16. The minimum Gasteiger partial charge on any atom is -0.361 e. The van der Waals surface area contributed by atoms with Gasteiger partial charge in [-0.2, -0.15) is 11.8 Å². The van der Waals surface area contributed by atoms with E-state index in [0.717, 1.165) is 18.5 Å². The average Bonchev–Trinajstić information content (AvgIpc) is 2.67. The third kappa shape index (κ3) is 2.38. The number of carbonyl (C=O) groups is 1. The molecule has 1 fully saturated rings. The number of thioether (sulfide) groups is 1. The van der Waals surface area contributed by atoms with Crippen LogP contribution in [0.1, 0.15) is 29.1 Å². The Bertz CT molecular complexity index is 305. The van der Waals surface area contributed by atoms with Crippen LogP contribution in [-0.2, 0) is 6.42 Å². The van der Waals surface area contributed by atoms with E-state index in [9.17, 15) is 4.79 Å². The molecule has 1 aliphatic rings. The number of nitrogens with zero attached hydrogens (tertiary/aromatic N) is 1. The molecule has 14 heavy (non-hydrogen) atoms. The van der Waals surface area contributed by atoms with Crippen LogP contribution in [0.3, 0.4) is 0 Å². The van der Waals surface area contributed by atoms with Gasteiger partial charge in [-0.15, -0.1) is 0 Å². The van der Waals surface area contributed by atoms with Crippen molar-refractivity contribution in [3.63, 3.8) is 0 Å². The van der Waals surface area contributed by atoms with E-state index in [1.165, 1.54) is 24.3 Å². The molecule has 1 saturated heterocycles. The summed E-state index contributed by atoms with van der Waals surface area (Å²) in [5.74, 6) is 4.06. The van der Waals surface area contributed by atoms with E-state index >= 15 is 0 Å². The van der Waals surface area contributed by atoms with Crippen molar-refractivity contribution in [3.05, 3.63) is 17.5 Å². The van der Waals surface area contributed by atoms with Crippen molar-refractivity contribution >= 4 is 18.0 Å². The van der Waals surface area contributed by atoms with Gasteiger partial charge < -0.3 is 4.52 Å². The highest BCUT2D eigenvalue weighted by Gasteiger charge is 2.16. The van der Waals surface area contributed by atoms with Gasteiger partial charge in [0.15, 0.2) is 6.29 Å². The molecule has 2 rings (SSSR count). The van der Waals surface area contributed by atoms with Crippen molar-refractivity contribution in [1.82, 2.24) is 5.16 Å². The summed E-state index contributed by atoms with van der Waals surface area (Å²) < 4.78 is 5.07. The van der Waals surface area contributed by atoms with Crippen LogP contribution in [0.2, 0.25) is 0 Å². The average molecular weight is 211 g/mol. The summed E-state index contributed by atoms with van der Waals surface area (Å²) in [4.78, 5) is 10.4. The van der Waals surface area contributed by atoms with Crippen LogP contribution in [0.25, 0.3) is 0 Å². The monoisotopic (exact) mass is 211 g/mol. The molecular formula is C10H13NO2S. The largest absolute Gasteiger partial charge is 0.361 e. The van der Waals surface area contributed by atoms with E-state index in [1.54, 1.807) is 6.07 Å². The van der Waals surface area contributed by atoms with Gasteiger partial charge in [0.1, 0.15) is 11.5 Å². The van der Waals surface area contributed by atoms with Crippen molar-refractivity contribution in [1.29, 1.82) is 0 Å². The lowest BCUT2D eigenvalue weighted by atomic mass is 9.97. The maximum Gasteiger partial charge on any atom is 0.171 e. The molecule has 4 heteroatoms. The van der Waals surface area contributed by atoms with Crippen molar-refractivity contribution in [3.8, 4) is 0 Å². The summed E-state index contributed by atoms with van der Waals surface area (Å²) in [6.45, 7) is 0. The van der Waals surface area contributed by atoms with Gasteiger partial charge in [0.25, 0.3) is 0 Å². The first-order valence-corrected chi connectivity index (χ1v) is 6.02. The summed E-state index contributed by atoms with van der Waals surface area (Å²) >= 11 is 2.02. The predicted octanol–water partition coefficient (Wildman–Crippen LogP) is 2.17. The van der Waals surface area contributed by atoms with Crippen LogP contribution < -0.4 is 0 Å². The van der Waals surface area contributed by atoms with Crippen LogP contribution in [0.4, 0.5) is 0 Å². The molecule has 2 heterocycles. The third-order valence-electron chi connectivity index (χ3n) is 2.53. The molecule has 0 aromatic carbocycles. The smallest absolute Gasteiger partial charge is 0.171 e. The van der Waals surface area contributed by atoms with E-state index in [-0.39, 0.29) is 0 Å². The second-order valence-electron chi connectivity index (χ2n) is 3.60. The Morgan fingerprint density at radius 3 is 3.00 bits per heavy atom. The minimum absolute atomic E-state index is 0.408. The molecule has 0 aliphatic carbocycles. The van der Waals surface area contributed by atoms with E-state index in [4.69, 9.17) is 4.52 Å². The van der Waals surface area contributed by atoms with Crippen LogP contribution in [0, 0.1) is 5.92 Å². The van der Waals surface area contributed by atoms with Crippen LogP contribution in [0.5, 0.6) is 0 Å². The van der Waals surface area contributed by atoms with Crippen LogP contribution in [0.15, 0.2) is 10.6 Å². The fourth-order valence-electron chi connectivity index (χ4n) is 1.72. The highest BCUT2D eigenvalue weighted by molar-refractivity contribution is 7.99. The maximum atomic E-state index is 10.4. The molecule has 0 bridgehead atoms. The van der Waals surface area contributed by atoms with E-state index < -0.39 is 0 Å². The number of rotatable bonds is 3. The minimum atomic E-state index is 0.408. The summed E-state index contributed by atoms with van der Waals surface area (Å²) in [6, 6.07) is 1.74. The summed E-state index contributed by atoms with van der Waals surface area (Å²) in [5.41, 5.74) is 0.408. The molecule has 1 aromatic rings. The second kappa shape index (κ2) is 4.64. The van der Waals surface area contributed by atoms with Crippen molar-refractivity contribution < 1.29 is 9.32 Å². The second-order valence-corrected chi connectivity index (χ2v) is 4.82. The van der Waals surface area contributed by atoms with Crippen molar-refractivity contribution in [2.75, 3.05) is 11.5 Å². The highest BCUT2D eigenvalue weighted by Crippen LogP contribution is 2.25. The molecule has 3 nitrogen and oxygen atoms in total. The molecule has 0 unspecified atom stereocenters. The first-order valence-electron chi connectivity index (χ1n) is 4.87. The number of hydrogen-bond acceptors (Lipinski definition) is 4. The van der Waals surface area contributed by atoms with Gasteiger partial charge in [-0.05, 0) is 30.3 Å². The topological polar surface area (TPSA) is 43.1 Å². The lowest BCUT2D eigenvalue weighted by Gasteiger charge is -2.19. The lowest BCUT2D eigenvalue weighted by molar-refractivity contribution is 0.111. The molecule has 0 radical (unpaired) electrons. The summed E-state index contributed by atoms with van der Waals surface area (Å²) in [5, 5.41) is 3.65. The van der Waals surface area contributed by atoms with Gasteiger partial charge in [-0.25, -0.2) is 0 Å². The zero-order chi connectivity index (χ0) is 9.80. The van der Waals surface area contributed by atoms with Gasteiger partial charge in [0, 0.05) is 12.5 Å². The van der Waals surface area contributed by atoms with Crippen LogP contribution >= 0.6 is 11.8 Å².